The zero-order valence-electron chi connectivity index (χ0n) is 28.9. The lowest BCUT2D eigenvalue weighted by Gasteiger charge is -2.42. The first-order valence-corrected chi connectivity index (χ1v) is 17.4. The van der Waals surface area contributed by atoms with Gasteiger partial charge in [0.1, 0.15) is 40.7 Å². The number of aromatic hydroxyl groups is 1. The van der Waals surface area contributed by atoms with Crippen molar-refractivity contribution in [1.82, 2.24) is 10.2 Å². The van der Waals surface area contributed by atoms with Crippen LogP contribution >= 0.6 is 24.2 Å². The molecule has 0 spiro atoms. The number of hydrogen-bond acceptors (Lipinski definition) is 12. The number of nitrogens with zero attached hydrogens (tertiary/aromatic N) is 2. The monoisotopic (exact) mass is 739 g/mol. The predicted octanol–water partition coefficient (Wildman–Crippen LogP) is 3.68. The Morgan fingerprint density at radius 3 is 2.64 bits per heavy atom. The average molecular weight is 740 g/mol. The molecule has 0 aromatic heterocycles. The summed E-state index contributed by atoms with van der Waals surface area (Å²) in [4.78, 5) is 54.1. The molecular weight excluding hydrogens is 694 g/mol. The van der Waals surface area contributed by atoms with Crippen molar-refractivity contribution in [3.63, 3.8) is 0 Å². The van der Waals surface area contributed by atoms with Gasteiger partial charge in [-0.25, -0.2) is 9.59 Å². The summed E-state index contributed by atoms with van der Waals surface area (Å²) in [6.45, 7) is 6.86. The molecule has 0 saturated carbocycles. The molecule has 16 heteroatoms. The van der Waals surface area contributed by atoms with E-state index in [1.807, 2.05) is 6.92 Å². The Balaban J connectivity index is 1.77. The van der Waals surface area contributed by atoms with Crippen LogP contribution in [0.1, 0.15) is 58.9 Å². The maximum atomic E-state index is 13.7. The minimum absolute atomic E-state index is 0.0915. The zero-order valence-corrected chi connectivity index (χ0v) is 30.6. The largest absolute Gasteiger partial charge is 0.506 e. The number of alkyl carbamates (subject to hydrolysis) is 1. The first-order chi connectivity index (χ1) is 23.5. The Bertz CT molecular complexity index is 1540. The first kappa shape index (κ1) is 39.4. The van der Waals surface area contributed by atoms with Crippen molar-refractivity contribution >= 4 is 53.8 Å². The molecule has 0 radical (unpaired) electrons. The van der Waals surface area contributed by atoms with Crippen molar-refractivity contribution in [2.45, 2.75) is 102 Å². The number of carbonyl (C=O) groups excluding carboxylic acids is 4. The molecular formula is C34H46ClN3O11S. The highest BCUT2D eigenvalue weighted by atomic mass is 35.5. The number of halogens is 1. The number of carbonyl (C=O) groups is 4. The van der Waals surface area contributed by atoms with E-state index < -0.39 is 72.1 Å². The predicted molar refractivity (Wildman–Crippen MR) is 185 cm³/mol. The van der Waals surface area contributed by atoms with Crippen LogP contribution < -0.4 is 10.4 Å². The molecule has 14 nitrogen and oxygen atoms in total. The molecule has 2 fully saturated rings. The van der Waals surface area contributed by atoms with Gasteiger partial charge >= 0.3 is 12.1 Å². The van der Waals surface area contributed by atoms with Crippen LogP contribution in [-0.2, 0) is 39.8 Å². The number of benzene rings is 1. The first-order valence-electron chi connectivity index (χ1n) is 16.4. The van der Waals surface area contributed by atoms with E-state index in [1.165, 1.54) is 31.2 Å². The molecule has 50 heavy (non-hydrogen) atoms. The molecule has 3 amide bonds. The number of fused-ring (bicyclic) bond motifs is 5. The third-order valence-electron chi connectivity index (χ3n) is 9.58. The van der Waals surface area contributed by atoms with Crippen LogP contribution in [-0.4, -0.2) is 106 Å². The Hall–Kier alpha value is -3.34. The molecule has 4 N–H and O–H groups in total. The number of nitrogens with one attached hydrogen (secondary N) is 1. The van der Waals surface area contributed by atoms with Crippen molar-refractivity contribution in [1.29, 1.82) is 0 Å². The van der Waals surface area contributed by atoms with E-state index in [2.05, 4.69) is 17.9 Å². The number of amides is 3. The van der Waals surface area contributed by atoms with Gasteiger partial charge in [-0.3, -0.25) is 20.1 Å². The highest BCUT2D eigenvalue weighted by molar-refractivity contribution is 7.80. The second kappa shape index (κ2) is 15.9. The molecule has 3 unspecified atom stereocenters. The number of epoxide rings is 1. The third kappa shape index (κ3) is 8.40. The molecule has 3 aliphatic heterocycles. The molecule has 4 rings (SSSR count). The maximum absolute atomic E-state index is 13.7. The van der Waals surface area contributed by atoms with Gasteiger partial charge in [0.05, 0.1) is 18.2 Å². The van der Waals surface area contributed by atoms with E-state index in [0.717, 1.165) is 5.57 Å². The standard InChI is InChI=1S/C34H46ClN3O11S/c1-7-21(37(5)27(40)11-12-50)31(42)48-26-16-28(41)38(45)22-14-20(15-23(39)29(22)35)13-18(2)9-8-10-25(46-6)34(44)17-24(47-32(43)36-34)19(3)30-33(26,4)49-30/h8-10,14-15,19,21,24-26,30,39,44-45,50H,7,11-13,16-17H2,1-6H3,(H,36,43)/b10-8+,18-9+/t19-,21+,24?,25-,26+,30?,33?,34+/m1/s1. The minimum Gasteiger partial charge on any atom is -0.506 e. The number of phenols is 1. The number of phenolic OH excluding ortho intramolecular Hbond substituents is 1. The van der Waals surface area contributed by atoms with Crippen molar-refractivity contribution in [2.24, 2.45) is 5.92 Å². The molecule has 1 aromatic carbocycles. The quantitative estimate of drug-likeness (QED) is 0.119. The minimum atomic E-state index is -1.87. The van der Waals surface area contributed by atoms with E-state index in [1.54, 1.807) is 39.0 Å². The van der Waals surface area contributed by atoms with E-state index in [9.17, 15) is 34.6 Å². The Labute approximate surface area is 301 Å². The van der Waals surface area contributed by atoms with E-state index in [-0.39, 0.29) is 53.8 Å². The number of thiol groups is 1. The van der Waals surface area contributed by atoms with Gasteiger partial charge in [0, 0.05) is 32.9 Å². The van der Waals surface area contributed by atoms with Crippen LogP contribution in [0, 0.1) is 5.92 Å². The van der Waals surface area contributed by atoms with Gasteiger partial charge in [0.2, 0.25) is 5.91 Å². The van der Waals surface area contributed by atoms with E-state index in [0.29, 0.717) is 10.6 Å². The summed E-state index contributed by atoms with van der Waals surface area (Å²) in [5.74, 6) is -2.77. The van der Waals surface area contributed by atoms with Crippen LogP contribution in [0.15, 0.2) is 35.9 Å². The van der Waals surface area contributed by atoms with Crippen molar-refractivity contribution in [3.8, 4) is 5.75 Å². The summed E-state index contributed by atoms with van der Waals surface area (Å²) >= 11 is 10.5. The lowest BCUT2D eigenvalue weighted by Crippen LogP contribution is -2.63. The van der Waals surface area contributed by atoms with Gasteiger partial charge in [-0.1, -0.05) is 49.2 Å². The van der Waals surface area contributed by atoms with Gasteiger partial charge in [0.15, 0.2) is 5.72 Å². The molecule has 0 aliphatic carbocycles. The van der Waals surface area contributed by atoms with Crippen molar-refractivity contribution in [3.05, 3.63) is 46.5 Å². The fourth-order valence-electron chi connectivity index (χ4n) is 6.59. The molecule has 3 aliphatic rings. The summed E-state index contributed by atoms with van der Waals surface area (Å²) in [6, 6.07) is 1.84. The number of ether oxygens (including phenoxy) is 4. The molecule has 276 valence electrons. The molecule has 2 saturated heterocycles. The van der Waals surface area contributed by atoms with Gasteiger partial charge in [-0.15, -0.1) is 0 Å². The number of hydrogen-bond donors (Lipinski definition) is 5. The molecule has 4 bridgehead atoms. The fraction of sp³-hybridized carbons (Fsp3) is 0.588. The number of hydroxylamine groups is 1. The summed E-state index contributed by atoms with van der Waals surface area (Å²) in [5, 5.41) is 35.9. The van der Waals surface area contributed by atoms with Gasteiger partial charge in [0.25, 0.3) is 5.91 Å². The lowest BCUT2D eigenvalue weighted by molar-refractivity contribution is -0.163. The molecule has 1 aromatic rings. The lowest BCUT2D eigenvalue weighted by atomic mass is 9.83. The molecule has 3 heterocycles. The highest BCUT2D eigenvalue weighted by Crippen LogP contribution is 2.49. The van der Waals surface area contributed by atoms with E-state index >= 15 is 0 Å². The summed E-state index contributed by atoms with van der Waals surface area (Å²) < 4.78 is 23.3. The van der Waals surface area contributed by atoms with Crippen LogP contribution in [0.2, 0.25) is 5.02 Å². The zero-order chi connectivity index (χ0) is 37.1. The fourth-order valence-corrected chi connectivity index (χ4v) is 6.97. The number of methoxy groups -OCH3 is 1. The van der Waals surface area contributed by atoms with Crippen molar-refractivity contribution in [2.75, 3.05) is 25.0 Å². The number of esters is 1. The van der Waals surface area contributed by atoms with Gasteiger partial charge in [-0.05, 0) is 50.1 Å². The Kier molecular flexibility index (Phi) is 12.6. The highest BCUT2D eigenvalue weighted by Gasteiger charge is 2.64. The van der Waals surface area contributed by atoms with Crippen LogP contribution in [0.5, 0.6) is 5.75 Å². The topological polar surface area (TPSA) is 188 Å². The molecule has 8 atom stereocenters. The van der Waals surface area contributed by atoms with Gasteiger partial charge in [-0.2, -0.15) is 17.7 Å². The van der Waals surface area contributed by atoms with Crippen LogP contribution in [0.25, 0.3) is 0 Å². The van der Waals surface area contributed by atoms with Crippen LogP contribution in [0.4, 0.5) is 10.5 Å². The second-order valence-electron chi connectivity index (χ2n) is 13.2. The Morgan fingerprint density at radius 2 is 2.00 bits per heavy atom. The number of aliphatic hydroxyl groups is 1. The summed E-state index contributed by atoms with van der Waals surface area (Å²) in [7, 11) is 2.86. The summed E-state index contributed by atoms with van der Waals surface area (Å²) in [5.41, 5.74) is -2.12. The van der Waals surface area contributed by atoms with Gasteiger partial charge < -0.3 is 34.1 Å². The maximum Gasteiger partial charge on any atom is 0.409 e. The SMILES string of the molecule is CC[C@@H](C(=O)O[C@H]1CC(=O)N(O)c2cc(cc(O)c2Cl)C/C(C)=C/C=C/[C@@H](OC)[C@@]2(O)CC(OC(=O)N2)[C@@H](C)C2OC21C)N(C)C(=O)CCS. The van der Waals surface area contributed by atoms with E-state index in [4.69, 9.17) is 30.5 Å². The normalized spacial score (nSPS) is 32.4. The number of anilines is 1. The number of likely N-dealkylation sites (N-methyl/N-ethyl adjacent to an activating group) is 1. The Morgan fingerprint density at radius 1 is 1.30 bits per heavy atom. The number of rotatable bonds is 7. The van der Waals surface area contributed by atoms with Crippen molar-refractivity contribution < 1.29 is 53.5 Å². The van der Waals surface area contributed by atoms with Crippen LogP contribution in [0.3, 0.4) is 0 Å². The number of allylic oxidation sites excluding steroid dienone is 3. The second-order valence-corrected chi connectivity index (χ2v) is 14.0. The average Bonchev–Trinajstić information content (AvgIpc) is 3.75. The smallest absolute Gasteiger partial charge is 0.409 e. The summed E-state index contributed by atoms with van der Waals surface area (Å²) in [6.07, 6.45) is -0.00940. The third-order valence-corrected chi connectivity index (χ3v) is 10.2.